The average molecular weight is 420 g/mol. The molecule has 0 radical (unpaired) electrons. The monoisotopic (exact) mass is 420 g/mol. The number of halogens is 2. The highest BCUT2D eigenvalue weighted by Gasteiger charge is 2.28. The summed E-state index contributed by atoms with van der Waals surface area (Å²) < 4.78 is 56.5. The second-order valence-corrected chi connectivity index (χ2v) is 9.60. The van der Waals surface area contributed by atoms with Gasteiger partial charge in [-0.3, -0.25) is 0 Å². The second-order valence-electron chi connectivity index (χ2n) is 7.56. The molecule has 0 N–H and O–H groups in total. The Balaban J connectivity index is 1.28. The Kier molecular flexibility index (Phi) is 5.65. The topological polar surface area (TPSA) is 63.4 Å². The van der Waals surface area contributed by atoms with E-state index in [0.717, 1.165) is 43.6 Å². The van der Waals surface area contributed by atoms with Gasteiger partial charge in [-0.25, -0.2) is 17.2 Å². The van der Waals surface area contributed by atoms with Gasteiger partial charge < -0.3 is 9.42 Å². The van der Waals surface area contributed by atoms with Gasteiger partial charge in [-0.2, -0.15) is 0 Å². The van der Waals surface area contributed by atoms with Crippen molar-refractivity contribution in [2.24, 2.45) is 5.92 Å². The van der Waals surface area contributed by atoms with Crippen molar-refractivity contribution in [3.8, 4) is 0 Å². The summed E-state index contributed by atoms with van der Waals surface area (Å²) >= 11 is 0. The lowest BCUT2D eigenvalue weighted by Crippen LogP contribution is -2.24. The molecule has 0 aliphatic carbocycles. The molecule has 8 heteroatoms. The van der Waals surface area contributed by atoms with Crippen LogP contribution >= 0.6 is 0 Å². The third-order valence-corrected chi connectivity index (χ3v) is 7.30. The van der Waals surface area contributed by atoms with E-state index in [0.29, 0.717) is 12.0 Å². The molecule has 1 unspecified atom stereocenters. The first-order chi connectivity index (χ1) is 13.9. The number of aryl methyl sites for hydroxylation is 1. The Morgan fingerprint density at radius 3 is 2.66 bits per heavy atom. The highest BCUT2D eigenvalue weighted by atomic mass is 32.2. The zero-order chi connectivity index (χ0) is 20.4. The van der Waals surface area contributed by atoms with Crippen LogP contribution in [0.2, 0.25) is 0 Å². The van der Waals surface area contributed by atoms with E-state index in [1.807, 2.05) is 0 Å². The van der Waals surface area contributed by atoms with Crippen molar-refractivity contribution in [1.29, 1.82) is 0 Å². The van der Waals surface area contributed by atoms with Gasteiger partial charge in [0.1, 0.15) is 11.6 Å². The molecule has 0 spiro atoms. The highest BCUT2D eigenvalue weighted by Crippen LogP contribution is 2.24. The van der Waals surface area contributed by atoms with E-state index in [2.05, 4.69) is 10.1 Å². The summed E-state index contributed by atoms with van der Waals surface area (Å²) in [7, 11) is -3.41. The van der Waals surface area contributed by atoms with E-state index >= 15 is 0 Å². The summed E-state index contributed by atoms with van der Waals surface area (Å²) in [5.74, 6) is -0.643. The van der Waals surface area contributed by atoms with E-state index in [1.54, 1.807) is 6.07 Å². The fraction of sp³-hybridized carbons (Fsp3) is 0.381. The minimum Gasteiger partial charge on any atom is -0.356 e. The van der Waals surface area contributed by atoms with Gasteiger partial charge in [-0.1, -0.05) is 5.16 Å². The molecule has 1 aliphatic rings. The number of nitrogens with zero attached hydrogens (tertiary/aromatic N) is 2. The number of rotatable bonds is 7. The quantitative estimate of drug-likeness (QED) is 0.544. The van der Waals surface area contributed by atoms with Crippen LogP contribution < -0.4 is 0 Å². The molecular weight excluding hydrogens is 398 g/mol. The molecule has 1 aromatic heterocycles. The number of likely N-dealkylation sites (tertiary alicyclic amines) is 1. The predicted molar refractivity (Wildman–Crippen MR) is 105 cm³/mol. The SMILES string of the molecule is O=S(=O)(CC1CCN(CCCc2noc3cc(F)ccc23)C1)c1ccc(F)cc1. The van der Waals surface area contributed by atoms with Crippen LogP contribution in [0.3, 0.4) is 0 Å². The maximum atomic E-state index is 13.2. The van der Waals surface area contributed by atoms with Crippen molar-refractivity contribution >= 4 is 20.8 Å². The Morgan fingerprint density at radius 1 is 1.10 bits per heavy atom. The van der Waals surface area contributed by atoms with Crippen molar-refractivity contribution < 1.29 is 21.7 Å². The number of hydrogen-bond acceptors (Lipinski definition) is 5. The van der Waals surface area contributed by atoms with Crippen molar-refractivity contribution in [3.05, 3.63) is 59.8 Å². The minimum atomic E-state index is -3.41. The predicted octanol–water partition coefficient (Wildman–Crippen LogP) is 3.83. The molecule has 1 saturated heterocycles. The molecule has 0 saturated carbocycles. The maximum absolute atomic E-state index is 13.2. The molecule has 2 heterocycles. The molecule has 4 rings (SSSR count). The number of sulfone groups is 1. The lowest BCUT2D eigenvalue weighted by atomic mass is 10.1. The third kappa shape index (κ3) is 4.64. The molecule has 1 aliphatic heterocycles. The van der Waals surface area contributed by atoms with E-state index in [1.165, 1.54) is 36.4 Å². The fourth-order valence-electron chi connectivity index (χ4n) is 3.91. The maximum Gasteiger partial charge on any atom is 0.178 e. The van der Waals surface area contributed by atoms with Crippen LogP contribution in [-0.2, 0) is 16.3 Å². The number of fused-ring (bicyclic) bond motifs is 1. The molecule has 0 amide bonds. The molecule has 1 atom stereocenters. The van der Waals surface area contributed by atoms with Crippen LogP contribution in [0.5, 0.6) is 0 Å². The van der Waals surface area contributed by atoms with Gasteiger partial charge in [-0.05, 0) is 74.7 Å². The minimum absolute atomic E-state index is 0.0703. The molecule has 1 fully saturated rings. The normalized spacial score (nSPS) is 17.9. The van der Waals surface area contributed by atoms with Crippen LogP contribution in [-0.4, -0.2) is 43.9 Å². The first kappa shape index (κ1) is 20.0. The van der Waals surface area contributed by atoms with Crippen LogP contribution in [0.25, 0.3) is 11.0 Å². The first-order valence-electron chi connectivity index (χ1n) is 9.65. The van der Waals surface area contributed by atoms with Crippen LogP contribution in [0.1, 0.15) is 18.5 Å². The highest BCUT2D eigenvalue weighted by molar-refractivity contribution is 7.91. The summed E-state index contributed by atoms with van der Waals surface area (Å²) in [6.07, 6.45) is 2.40. The molecule has 2 aromatic carbocycles. The molecule has 0 bridgehead atoms. The van der Waals surface area contributed by atoms with E-state index < -0.39 is 15.7 Å². The van der Waals surface area contributed by atoms with Crippen molar-refractivity contribution in [3.63, 3.8) is 0 Å². The Bertz CT molecular complexity index is 1100. The molecule has 154 valence electrons. The second kappa shape index (κ2) is 8.20. The van der Waals surface area contributed by atoms with Gasteiger partial charge in [0.05, 0.1) is 16.3 Å². The zero-order valence-electron chi connectivity index (χ0n) is 15.9. The zero-order valence-corrected chi connectivity index (χ0v) is 16.7. The Morgan fingerprint density at radius 2 is 1.86 bits per heavy atom. The molecular formula is C21H22F2N2O3S. The largest absolute Gasteiger partial charge is 0.356 e. The van der Waals surface area contributed by atoms with Gasteiger partial charge in [0.25, 0.3) is 0 Å². The summed E-state index contributed by atoms with van der Waals surface area (Å²) in [5.41, 5.74) is 1.27. The molecule has 3 aromatic rings. The number of aromatic nitrogens is 1. The summed E-state index contributed by atoms with van der Waals surface area (Å²) in [6.45, 7) is 2.42. The van der Waals surface area contributed by atoms with Gasteiger partial charge in [0.15, 0.2) is 15.4 Å². The van der Waals surface area contributed by atoms with E-state index in [4.69, 9.17) is 4.52 Å². The summed E-state index contributed by atoms with van der Waals surface area (Å²) in [4.78, 5) is 2.43. The Labute approximate surface area is 168 Å². The standard InChI is InChI=1S/C21H22F2N2O3S/c22-16-3-6-18(7-4-16)29(26,27)14-15-9-11-25(13-15)10-1-2-20-19-8-5-17(23)12-21(19)28-24-20/h3-8,12,15H,1-2,9-11,13-14H2. The van der Waals surface area contributed by atoms with Gasteiger partial charge in [-0.15, -0.1) is 0 Å². The van der Waals surface area contributed by atoms with Crippen LogP contribution in [0.15, 0.2) is 51.9 Å². The molecule has 5 nitrogen and oxygen atoms in total. The summed E-state index contributed by atoms with van der Waals surface area (Å²) in [6, 6.07) is 9.42. The number of hydrogen-bond donors (Lipinski definition) is 0. The van der Waals surface area contributed by atoms with E-state index in [9.17, 15) is 17.2 Å². The van der Waals surface area contributed by atoms with E-state index in [-0.39, 0.29) is 22.4 Å². The third-order valence-electron chi connectivity index (χ3n) is 5.39. The van der Waals surface area contributed by atoms with Crippen molar-refractivity contribution in [2.75, 3.05) is 25.4 Å². The average Bonchev–Trinajstić information content (AvgIpc) is 3.28. The van der Waals surface area contributed by atoms with Gasteiger partial charge in [0.2, 0.25) is 0 Å². The van der Waals surface area contributed by atoms with Gasteiger partial charge in [0, 0.05) is 18.0 Å². The van der Waals surface area contributed by atoms with Crippen molar-refractivity contribution in [2.45, 2.75) is 24.2 Å². The summed E-state index contributed by atoms with van der Waals surface area (Å²) in [5, 5.41) is 4.87. The molecule has 29 heavy (non-hydrogen) atoms. The van der Waals surface area contributed by atoms with Crippen LogP contribution in [0.4, 0.5) is 8.78 Å². The Hall–Kier alpha value is -2.32. The van der Waals surface area contributed by atoms with Gasteiger partial charge >= 0.3 is 0 Å². The number of benzene rings is 2. The smallest absolute Gasteiger partial charge is 0.178 e. The lowest BCUT2D eigenvalue weighted by molar-refractivity contribution is 0.322. The van der Waals surface area contributed by atoms with Crippen LogP contribution in [0, 0.1) is 17.6 Å². The fourth-order valence-corrected chi connectivity index (χ4v) is 5.55. The lowest BCUT2D eigenvalue weighted by Gasteiger charge is -2.15. The first-order valence-corrected chi connectivity index (χ1v) is 11.3. The van der Waals surface area contributed by atoms with Crippen molar-refractivity contribution in [1.82, 2.24) is 10.1 Å².